The summed E-state index contributed by atoms with van der Waals surface area (Å²) < 4.78 is 6.95. The van der Waals surface area contributed by atoms with E-state index in [-0.39, 0.29) is 11.1 Å². The maximum Gasteiger partial charge on any atom is 0.275 e. The lowest BCUT2D eigenvalue weighted by atomic mass is 9.52. The molecule has 3 aliphatic rings. The second-order valence-electron chi connectivity index (χ2n) is 11.2. The summed E-state index contributed by atoms with van der Waals surface area (Å²) in [5.74, 6) is 1.42. The van der Waals surface area contributed by atoms with Crippen LogP contribution in [-0.4, -0.2) is 57.7 Å². The van der Waals surface area contributed by atoms with Crippen LogP contribution in [0.3, 0.4) is 0 Å². The normalized spacial score (nSPS) is 20.8. The highest BCUT2D eigenvalue weighted by atomic mass is 35.5. The average Bonchev–Trinajstić information content (AvgIpc) is 2.77. The van der Waals surface area contributed by atoms with E-state index in [4.69, 9.17) is 16.3 Å². The highest BCUT2D eigenvalue weighted by molar-refractivity contribution is 6.35. The molecule has 0 amide bonds. The summed E-state index contributed by atoms with van der Waals surface area (Å²) >= 11 is 6.46. The SMILES string of the molecule is Cc1c(CCCN2CC3(CC([C@H](c4ccc(Cl)c5c(=O)n(C)ncc45)C4COC4)C3)C2)cn[nH]c1=O. The quantitative estimate of drug-likeness (QED) is 0.526. The predicted molar refractivity (Wildman–Crippen MR) is 139 cm³/mol. The molecular weight excluding hydrogens is 478 g/mol. The molecule has 36 heavy (non-hydrogen) atoms. The number of hydrogen-bond acceptors (Lipinski definition) is 6. The van der Waals surface area contributed by atoms with Gasteiger partial charge in [-0.25, -0.2) is 9.78 Å². The van der Waals surface area contributed by atoms with Crippen LogP contribution in [-0.2, 0) is 18.2 Å². The Bertz CT molecular complexity index is 1420. The van der Waals surface area contributed by atoms with Crippen molar-refractivity contribution in [2.75, 3.05) is 32.8 Å². The van der Waals surface area contributed by atoms with Gasteiger partial charge in [-0.1, -0.05) is 17.7 Å². The van der Waals surface area contributed by atoms with E-state index in [1.807, 2.05) is 19.2 Å². The highest BCUT2D eigenvalue weighted by Crippen LogP contribution is 2.59. The van der Waals surface area contributed by atoms with E-state index in [9.17, 15) is 9.59 Å². The van der Waals surface area contributed by atoms with Crippen molar-refractivity contribution in [1.29, 1.82) is 0 Å². The molecule has 1 aliphatic carbocycles. The first-order chi connectivity index (χ1) is 17.3. The van der Waals surface area contributed by atoms with Gasteiger partial charge in [0.05, 0.1) is 36.0 Å². The van der Waals surface area contributed by atoms with Gasteiger partial charge in [-0.3, -0.25) is 9.59 Å². The van der Waals surface area contributed by atoms with Crippen LogP contribution in [0.5, 0.6) is 0 Å². The number of benzene rings is 1. The molecule has 190 valence electrons. The number of nitrogens with one attached hydrogen (secondary N) is 1. The van der Waals surface area contributed by atoms with Gasteiger partial charge < -0.3 is 9.64 Å². The fourth-order valence-corrected chi connectivity index (χ4v) is 7.08. The molecule has 0 radical (unpaired) electrons. The largest absolute Gasteiger partial charge is 0.381 e. The molecule has 8 nitrogen and oxygen atoms in total. The lowest BCUT2D eigenvalue weighted by molar-refractivity contribution is -0.127. The van der Waals surface area contributed by atoms with Crippen molar-refractivity contribution >= 4 is 22.4 Å². The Morgan fingerprint density at radius 2 is 1.97 bits per heavy atom. The van der Waals surface area contributed by atoms with Crippen molar-refractivity contribution in [3.05, 3.63) is 66.9 Å². The minimum Gasteiger partial charge on any atom is -0.381 e. The van der Waals surface area contributed by atoms with E-state index in [1.54, 1.807) is 13.2 Å². The first-order valence-corrected chi connectivity index (χ1v) is 13.2. The molecule has 0 bridgehead atoms. The zero-order valence-corrected chi connectivity index (χ0v) is 21.6. The predicted octanol–water partition coefficient (Wildman–Crippen LogP) is 3.05. The summed E-state index contributed by atoms with van der Waals surface area (Å²) in [6, 6.07) is 3.99. The number of ether oxygens (including phenoxy) is 1. The molecule has 1 spiro atoms. The van der Waals surface area contributed by atoms with E-state index < -0.39 is 0 Å². The van der Waals surface area contributed by atoms with Crippen molar-refractivity contribution in [3.8, 4) is 0 Å². The topological polar surface area (TPSA) is 93.1 Å². The van der Waals surface area contributed by atoms with Gasteiger partial charge in [0.25, 0.3) is 11.1 Å². The molecule has 0 unspecified atom stereocenters. The fraction of sp³-hybridized carbons (Fsp3) is 0.556. The van der Waals surface area contributed by atoms with Crippen molar-refractivity contribution in [2.24, 2.45) is 24.3 Å². The van der Waals surface area contributed by atoms with Gasteiger partial charge in [-0.15, -0.1) is 0 Å². The van der Waals surface area contributed by atoms with Crippen LogP contribution in [0.4, 0.5) is 0 Å². The van der Waals surface area contributed by atoms with Crippen LogP contribution in [0.2, 0.25) is 5.02 Å². The van der Waals surface area contributed by atoms with Crippen molar-refractivity contribution < 1.29 is 4.74 Å². The average molecular weight is 510 g/mol. The van der Waals surface area contributed by atoms with Crippen molar-refractivity contribution in [3.63, 3.8) is 0 Å². The molecule has 1 saturated carbocycles. The molecule has 3 aromatic rings. The molecule has 2 aromatic heterocycles. The van der Waals surface area contributed by atoms with Crippen LogP contribution < -0.4 is 11.1 Å². The number of aryl methyl sites for hydroxylation is 2. The summed E-state index contributed by atoms with van der Waals surface area (Å²) in [6.45, 7) is 6.76. The van der Waals surface area contributed by atoms with Gasteiger partial charge in [-0.05, 0) is 73.6 Å². The maximum atomic E-state index is 12.8. The van der Waals surface area contributed by atoms with Crippen molar-refractivity contribution in [2.45, 2.75) is 38.5 Å². The van der Waals surface area contributed by atoms with Crippen LogP contribution >= 0.6 is 11.6 Å². The van der Waals surface area contributed by atoms with Gasteiger partial charge in [0.15, 0.2) is 0 Å². The molecule has 1 atom stereocenters. The van der Waals surface area contributed by atoms with E-state index in [0.29, 0.717) is 33.6 Å². The van der Waals surface area contributed by atoms with Crippen LogP contribution in [0, 0.1) is 24.2 Å². The summed E-state index contributed by atoms with van der Waals surface area (Å²) in [4.78, 5) is 27.1. The monoisotopic (exact) mass is 509 g/mol. The van der Waals surface area contributed by atoms with Gasteiger partial charge in [0.1, 0.15) is 0 Å². The number of fused-ring (bicyclic) bond motifs is 1. The minimum absolute atomic E-state index is 0.0908. The Balaban J connectivity index is 1.12. The third kappa shape index (κ3) is 3.99. The third-order valence-electron chi connectivity index (χ3n) is 8.77. The van der Waals surface area contributed by atoms with Crippen LogP contribution in [0.15, 0.2) is 34.1 Å². The highest BCUT2D eigenvalue weighted by Gasteiger charge is 2.55. The molecule has 1 N–H and O–H groups in total. The number of likely N-dealkylation sites (tertiary alicyclic amines) is 1. The Hall–Kier alpha value is -2.55. The molecule has 3 fully saturated rings. The van der Waals surface area contributed by atoms with E-state index in [1.165, 1.54) is 23.1 Å². The number of aromatic amines is 1. The maximum absolute atomic E-state index is 12.8. The zero-order chi connectivity index (χ0) is 25.0. The first-order valence-electron chi connectivity index (χ1n) is 12.8. The summed E-state index contributed by atoms with van der Waals surface area (Å²) in [5, 5.41) is 12.7. The first kappa shape index (κ1) is 23.8. The van der Waals surface area contributed by atoms with Crippen molar-refractivity contribution in [1.82, 2.24) is 24.9 Å². The van der Waals surface area contributed by atoms with Gasteiger partial charge in [0, 0.05) is 37.0 Å². The van der Waals surface area contributed by atoms with E-state index in [2.05, 4.69) is 26.3 Å². The van der Waals surface area contributed by atoms with Crippen LogP contribution in [0.1, 0.15) is 41.9 Å². The van der Waals surface area contributed by atoms with Gasteiger partial charge in [0.2, 0.25) is 0 Å². The summed E-state index contributed by atoms with van der Waals surface area (Å²) in [6.07, 6.45) is 7.93. The number of rotatable bonds is 7. The molecule has 4 heterocycles. The lowest BCUT2D eigenvalue weighted by Crippen LogP contribution is -2.63. The molecule has 6 rings (SSSR count). The molecule has 2 aliphatic heterocycles. The van der Waals surface area contributed by atoms with E-state index >= 15 is 0 Å². The smallest absolute Gasteiger partial charge is 0.275 e. The fourth-order valence-electron chi connectivity index (χ4n) is 6.83. The van der Waals surface area contributed by atoms with Crippen LogP contribution in [0.25, 0.3) is 10.8 Å². The Labute approximate surface area is 214 Å². The lowest BCUT2D eigenvalue weighted by Gasteiger charge is -2.62. The second-order valence-corrected chi connectivity index (χ2v) is 11.6. The second kappa shape index (κ2) is 9.08. The van der Waals surface area contributed by atoms with Gasteiger partial charge in [-0.2, -0.15) is 10.2 Å². The molecule has 9 heteroatoms. The Morgan fingerprint density at radius 1 is 1.19 bits per heavy atom. The molecular formula is C27H32ClN5O3. The molecule has 1 aromatic carbocycles. The number of hydrogen-bond donors (Lipinski definition) is 1. The third-order valence-corrected chi connectivity index (χ3v) is 9.09. The Morgan fingerprint density at radius 3 is 2.69 bits per heavy atom. The number of halogens is 1. The Kier molecular flexibility index (Phi) is 6.01. The standard InChI is InChI=1S/C27H32ClN5O3/c1-16-17(10-29-31-25(16)34)4-3-7-33-14-27(15-33)8-18(9-27)23(19-12-36-13-19)20-5-6-22(28)24-21(20)11-30-32(2)26(24)35/h5-6,10-11,18-19,23H,3-4,7-9,12-15H2,1-2H3,(H,31,34)/t23-/m0/s1. The zero-order valence-electron chi connectivity index (χ0n) is 20.8. The number of nitrogens with zero attached hydrogens (tertiary/aromatic N) is 4. The summed E-state index contributed by atoms with van der Waals surface area (Å²) in [5.41, 5.74) is 3.21. The van der Waals surface area contributed by atoms with Gasteiger partial charge >= 0.3 is 0 Å². The number of H-pyrrole nitrogens is 1. The van der Waals surface area contributed by atoms with E-state index in [0.717, 1.165) is 62.2 Å². The minimum atomic E-state index is -0.145. The number of aromatic nitrogens is 4. The molecule has 2 saturated heterocycles. The summed E-state index contributed by atoms with van der Waals surface area (Å²) in [7, 11) is 1.66.